The number of rotatable bonds is 8. The Bertz CT molecular complexity index is 1810. The molecule has 0 aliphatic carbocycles. The number of carboxylic acids is 1. The largest absolute Gasteiger partial charge is 0.478 e. The minimum atomic E-state index is -4.84. The molecule has 238 valence electrons. The van der Waals surface area contributed by atoms with Crippen molar-refractivity contribution in [2.24, 2.45) is 0 Å². The maximum absolute atomic E-state index is 15.0. The molecule has 45 heavy (non-hydrogen) atoms. The van der Waals surface area contributed by atoms with E-state index in [9.17, 15) is 36.2 Å². The van der Waals surface area contributed by atoms with Crippen molar-refractivity contribution in [1.29, 1.82) is 0 Å². The highest BCUT2D eigenvalue weighted by Gasteiger charge is 2.39. The maximum atomic E-state index is 15.0. The van der Waals surface area contributed by atoms with Gasteiger partial charge in [0.1, 0.15) is 35.1 Å². The number of hydrogen-bond acceptors (Lipinski definition) is 6. The van der Waals surface area contributed by atoms with E-state index in [2.05, 4.69) is 9.97 Å². The van der Waals surface area contributed by atoms with Crippen LogP contribution in [0.15, 0.2) is 30.3 Å². The summed E-state index contributed by atoms with van der Waals surface area (Å²) in [6.07, 6.45) is -4.06. The molecular weight excluding hydrogens is 630 g/mol. The van der Waals surface area contributed by atoms with Gasteiger partial charge in [-0.05, 0) is 55.7 Å². The summed E-state index contributed by atoms with van der Waals surface area (Å²) in [6, 6.07) is 4.10. The third-order valence-corrected chi connectivity index (χ3v) is 8.42. The van der Waals surface area contributed by atoms with Crippen molar-refractivity contribution in [3.63, 3.8) is 0 Å². The van der Waals surface area contributed by atoms with E-state index in [4.69, 9.17) is 21.1 Å². The van der Waals surface area contributed by atoms with Gasteiger partial charge in [-0.2, -0.15) is 13.2 Å². The predicted octanol–water partition coefficient (Wildman–Crippen LogP) is 6.71. The third-order valence-electron chi connectivity index (χ3n) is 8.13. The average Bonchev–Trinajstić information content (AvgIpc) is 3.30. The van der Waals surface area contributed by atoms with Gasteiger partial charge in [-0.1, -0.05) is 11.6 Å². The summed E-state index contributed by atoms with van der Waals surface area (Å²) in [5, 5.41) is 8.99. The molecule has 2 aliphatic rings. The molecule has 0 spiro atoms. The Morgan fingerprint density at radius 1 is 1.11 bits per heavy atom. The highest BCUT2D eigenvalue weighted by atomic mass is 35.5. The van der Waals surface area contributed by atoms with Gasteiger partial charge >= 0.3 is 12.1 Å². The zero-order chi connectivity index (χ0) is 32.2. The Kier molecular flexibility index (Phi) is 8.16. The van der Waals surface area contributed by atoms with E-state index in [-0.39, 0.29) is 46.9 Å². The first-order chi connectivity index (χ1) is 21.3. The normalized spacial score (nSPS) is 18.6. The van der Waals surface area contributed by atoms with Crippen LogP contribution in [0.4, 0.5) is 26.3 Å². The molecule has 0 radical (unpaired) electrons. The van der Waals surface area contributed by atoms with Crippen LogP contribution in [0.2, 0.25) is 5.02 Å². The molecule has 2 aromatic carbocycles. The number of halogens is 7. The van der Waals surface area contributed by atoms with Gasteiger partial charge in [-0.25, -0.2) is 27.9 Å². The lowest BCUT2D eigenvalue weighted by molar-refractivity contribution is -0.139. The first kappa shape index (κ1) is 31.1. The Morgan fingerprint density at radius 3 is 2.53 bits per heavy atom. The standard InChI is InChI=1S/C30H25ClF6N4O4/c1-14-26-15(6-19(30(35,36)37)28(39-26)45-13-17-8-22(33)20(31)10-21(17)32)2-4-40(14)12-25-38-27-23(34)7-16(29(42)43)9-24(27)41(25)11-18-3-5-44-18/h6-10,14,18H,2-5,11-13H2,1H3,(H,42,43)/t14-,18-/m0/s1. The highest BCUT2D eigenvalue weighted by Crippen LogP contribution is 2.40. The van der Waals surface area contributed by atoms with Crippen LogP contribution in [-0.2, 0) is 37.0 Å². The van der Waals surface area contributed by atoms with Crippen LogP contribution in [0, 0.1) is 17.5 Å². The quantitative estimate of drug-likeness (QED) is 0.167. The van der Waals surface area contributed by atoms with Gasteiger partial charge < -0.3 is 19.1 Å². The molecule has 0 unspecified atom stereocenters. The molecule has 4 aromatic rings. The van der Waals surface area contributed by atoms with Gasteiger partial charge in [0.25, 0.3) is 0 Å². The summed E-state index contributed by atoms with van der Waals surface area (Å²) in [5.74, 6) is -4.36. The molecule has 15 heteroatoms. The number of fused-ring (bicyclic) bond motifs is 2. The van der Waals surface area contributed by atoms with E-state index in [0.29, 0.717) is 37.2 Å². The van der Waals surface area contributed by atoms with E-state index < -0.39 is 58.7 Å². The molecule has 2 aliphatic heterocycles. The molecule has 0 amide bonds. The van der Waals surface area contributed by atoms with Gasteiger partial charge in [0.05, 0.1) is 47.0 Å². The molecule has 1 fully saturated rings. The molecular formula is C30H25ClF6N4O4. The van der Waals surface area contributed by atoms with Crippen LogP contribution < -0.4 is 4.74 Å². The second-order valence-corrected chi connectivity index (χ2v) is 11.4. The molecule has 8 nitrogen and oxygen atoms in total. The lowest BCUT2D eigenvalue weighted by Gasteiger charge is -2.35. The average molecular weight is 655 g/mol. The van der Waals surface area contributed by atoms with Crippen LogP contribution in [0.25, 0.3) is 11.0 Å². The minimum Gasteiger partial charge on any atom is -0.478 e. The van der Waals surface area contributed by atoms with Gasteiger partial charge in [0, 0.05) is 18.7 Å². The van der Waals surface area contributed by atoms with E-state index in [1.807, 2.05) is 4.90 Å². The maximum Gasteiger partial charge on any atom is 0.421 e. The first-order valence-corrected chi connectivity index (χ1v) is 14.3. The molecule has 2 aromatic heterocycles. The second kappa shape index (κ2) is 11.8. The molecule has 4 heterocycles. The molecule has 2 atom stereocenters. The number of carbonyl (C=O) groups is 1. The third kappa shape index (κ3) is 6.06. The predicted molar refractivity (Wildman–Crippen MR) is 148 cm³/mol. The molecule has 0 saturated carbocycles. The van der Waals surface area contributed by atoms with Gasteiger partial charge in [-0.3, -0.25) is 4.90 Å². The van der Waals surface area contributed by atoms with Gasteiger partial charge in [0.2, 0.25) is 5.88 Å². The Hall–Kier alpha value is -3.88. The van der Waals surface area contributed by atoms with Crippen molar-refractivity contribution in [2.75, 3.05) is 13.2 Å². The number of aromatic carboxylic acids is 1. The number of imidazole rings is 1. The molecule has 0 bridgehead atoms. The zero-order valence-electron chi connectivity index (χ0n) is 23.6. The lowest BCUT2D eigenvalue weighted by atomic mass is 9.97. The summed E-state index contributed by atoms with van der Waals surface area (Å²) in [4.78, 5) is 22.2. The number of nitrogens with zero attached hydrogens (tertiary/aromatic N) is 4. The van der Waals surface area contributed by atoms with Crippen molar-refractivity contribution >= 4 is 28.6 Å². The van der Waals surface area contributed by atoms with Crippen molar-refractivity contribution in [3.8, 4) is 5.88 Å². The van der Waals surface area contributed by atoms with Gasteiger partial charge in [-0.15, -0.1) is 0 Å². The SMILES string of the molecule is C[C@H]1c2nc(OCc3cc(F)c(Cl)cc3F)c(C(F)(F)F)cc2CCN1Cc1nc2c(F)cc(C(=O)O)cc2n1C[C@@H]1CCO1. The summed E-state index contributed by atoms with van der Waals surface area (Å²) in [6.45, 7) is 2.33. The fraction of sp³-hybridized carbons (Fsp3) is 0.367. The number of benzene rings is 2. The van der Waals surface area contributed by atoms with Crippen LogP contribution >= 0.6 is 11.6 Å². The van der Waals surface area contributed by atoms with Crippen molar-refractivity contribution in [2.45, 2.75) is 57.8 Å². The number of ether oxygens (including phenoxy) is 2. The number of carboxylic acid groups (broad SMARTS) is 1. The van der Waals surface area contributed by atoms with Gasteiger partial charge in [0.15, 0.2) is 5.82 Å². The van der Waals surface area contributed by atoms with Crippen molar-refractivity contribution in [1.82, 2.24) is 19.4 Å². The van der Waals surface area contributed by atoms with Crippen LogP contribution in [0.1, 0.15) is 58.0 Å². The van der Waals surface area contributed by atoms with Crippen LogP contribution in [-0.4, -0.2) is 49.8 Å². The monoisotopic (exact) mass is 654 g/mol. The summed E-state index contributed by atoms with van der Waals surface area (Å²) in [5.41, 5.74) is -0.810. The molecule has 1 N–H and O–H groups in total. The highest BCUT2D eigenvalue weighted by molar-refractivity contribution is 6.30. The van der Waals surface area contributed by atoms with E-state index in [1.54, 1.807) is 11.5 Å². The Balaban J connectivity index is 1.32. The number of pyridine rings is 1. The first-order valence-electron chi connectivity index (χ1n) is 13.9. The van der Waals surface area contributed by atoms with Crippen molar-refractivity contribution < 1.29 is 45.7 Å². The Labute approximate surface area is 257 Å². The summed E-state index contributed by atoms with van der Waals surface area (Å²) < 4.78 is 97.9. The zero-order valence-corrected chi connectivity index (χ0v) is 24.4. The smallest absolute Gasteiger partial charge is 0.421 e. The molecule has 1 saturated heterocycles. The summed E-state index contributed by atoms with van der Waals surface area (Å²) >= 11 is 5.57. The fourth-order valence-corrected chi connectivity index (χ4v) is 5.74. The van der Waals surface area contributed by atoms with Crippen molar-refractivity contribution in [3.05, 3.63) is 86.6 Å². The lowest BCUT2D eigenvalue weighted by Crippen LogP contribution is -2.36. The van der Waals surface area contributed by atoms with E-state index in [1.165, 1.54) is 6.07 Å². The van der Waals surface area contributed by atoms with E-state index >= 15 is 0 Å². The van der Waals surface area contributed by atoms with E-state index in [0.717, 1.165) is 24.6 Å². The minimum absolute atomic E-state index is 0.00566. The summed E-state index contributed by atoms with van der Waals surface area (Å²) in [7, 11) is 0. The number of aromatic nitrogens is 3. The number of hydrogen-bond donors (Lipinski definition) is 1. The Morgan fingerprint density at radius 2 is 1.87 bits per heavy atom. The molecule has 6 rings (SSSR count). The fourth-order valence-electron chi connectivity index (χ4n) is 5.58. The number of alkyl halides is 3. The second-order valence-electron chi connectivity index (χ2n) is 11.0. The van der Waals surface area contributed by atoms with Crippen LogP contribution in [0.5, 0.6) is 5.88 Å². The van der Waals surface area contributed by atoms with Crippen LogP contribution in [0.3, 0.4) is 0 Å². The topological polar surface area (TPSA) is 89.7 Å².